The van der Waals surface area contributed by atoms with Crippen molar-refractivity contribution in [3.8, 4) is 6.07 Å². The Balaban J connectivity index is 2.30. The zero-order valence-corrected chi connectivity index (χ0v) is 8.90. The molecule has 0 aliphatic rings. The van der Waals surface area contributed by atoms with Crippen molar-refractivity contribution in [3.05, 3.63) is 24.0 Å². The average molecular weight is 247 g/mol. The minimum absolute atomic E-state index is 0.0660. The molecule has 0 saturated heterocycles. The van der Waals surface area contributed by atoms with Gasteiger partial charge < -0.3 is 5.32 Å². The van der Waals surface area contributed by atoms with Crippen LogP contribution in [0.15, 0.2) is 18.3 Å². The van der Waals surface area contributed by atoms with Gasteiger partial charge in [-0.05, 0) is 23.9 Å². The van der Waals surface area contributed by atoms with Gasteiger partial charge in [0, 0.05) is 12.3 Å². The molecule has 0 spiro atoms. The molecule has 0 bridgehead atoms. The van der Waals surface area contributed by atoms with Crippen molar-refractivity contribution < 1.29 is 13.2 Å². The fourth-order valence-corrected chi connectivity index (χ4v) is 1.36. The van der Waals surface area contributed by atoms with E-state index >= 15 is 0 Å². The molecule has 86 valence electrons. The zero-order valence-electron chi connectivity index (χ0n) is 8.08. The minimum atomic E-state index is -4.19. The lowest BCUT2D eigenvalue weighted by molar-refractivity contribution is -0.0327. The highest BCUT2D eigenvalue weighted by Crippen LogP contribution is 2.29. The van der Waals surface area contributed by atoms with E-state index in [1.807, 2.05) is 6.07 Å². The van der Waals surface area contributed by atoms with Gasteiger partial charge in [0.1, 0.15) is 11.8 Å². The second-order valence-corrected chi connectivity index (χ2v) is 3.92. The lowest BCUT2D eigenvalue weighted by atomic mass is 10.3. The van der Waals surface area contributed by atoms with Crippen molar-refractivity contribution in [1.29, 1.82) is 5.26 Å². The second kappa shape index (κ2) is 5.61. The molecule has 0 aliphatic carbocycles. The van der Waals surface area contributed by atoms with E-state index in [1.165, 1.54) is 12.3 Å². The highest BCUT2D eigenvalue weighted by molar-refractivity contribution is 8.00. The molecule has 1 aromatic rings. The molecule has 0 aliphatic heterocycles. The fourth-order valence-electron chi connectivity index (χ4n) is 0.927. The third-order valence-electron chi connectivity index (χ3n) is 1.57. The van der Waals surface area contributed by atoms with Crippen LogP contribution in [0.2, 0.25) is 0 Å². The molecule has 0 atom stereocenters. The molecule has 0 amide bonds. The summed E-state index contributed by atoms with van der Waals surface area (Å²) < 4.78 is 35.3. The Kier molecular flexibility index (Phi) is 4.43. The third-order valence-corrected chi connectivity index (χ3v) is 2.31. The molecule has 3 nitrogen and oxygen atoms in total. The lowest BCUT2D eigenvalue weighted by Crippen LogP contribution is -2.09. The first-order chi connectivity index (χ1) is 7.51. The lowest BCUT2D eigenvalue weighted by Gasteiger charge is -2.07. The third kappa shape index (κ3) is 4.89. The monoisotopic (exact) mass is 247 g/mol. The molecule has 0 radical (unpaired) electrons. The number of nitrogens with zero attached hydrogens (tertiary/aromatic N) is 2. The summed E-state index contributed by atoms with van der Waals surface area (Å²) in [5.41, 5.74) is -3.32. The standard InChI is InChI=1S/C9H8F3N3S/c10-9(11,12)16-4-3-14-8-2-1-7(5-13)15-6-8/h1-2,6,14H,3-4H2. The van der Waals surface area contributed by atoms with Gasteiger partial charge in [-0.2, -0.15) is 18.4 Å². The fraction of sp³-hybridized carbons (Fsp3) is 0.333. The maximum atomic E-state index is 11.8. The summed E-state index contributed by atoms with van der Waals surface area (Å²) in [6.45, 7) is 0.192. The number of halogens is 3. The summed E-state index contributed by atoms with van der Waals surface area (Å²) >= 11 is -0.0748. The maximum absolute atomic E-state index is 11.8. The van der Waals surface area contributed by atoms with E-state index in [-0.39, 0.29) is 29.8 Å². The van der Waals surface area contributed by atoms with Crippen LogP contribution in [0.3, 0.4) is 0 Å². The van der Waals surface area contributed by atoms with Gasteiger partial charge >= 0.3 is 5.51 Å². The minimum Gasteiger partial charge on any atom is -0.383 e. The number of hydrogen-bond donors (Lipinski definition) is 1. The largest absolute Gasteiger partial charge is 0.441 e. The summed E-state index contributed by atoms with van der Waals surface area (Å²) in [4.78, 5) is 3.77. The first-order valence-electron chi connectivity index (χ1n) is 4.32. The Hall–Kier alpha value is -1.42. The SMILES string of the molecule is N#Cc1ccc(NCCSC(F)(F)F)cn1. The summed E-state index contributed by atoms with van der Waals surface area (Å²) in [6, 6.07) is 4.95. The predicted octanol–water partition coefficient (Wildman–Crippen LogP) is 2.62. The zero-order chi connectivity index (χ0) is 12.0. The van der Waals surface area contributed by atoms with Gasteiger partial charge in [0.15, 0.2) is 0 Å². The first kappa shape index (κ1) is 12.6. The van der Waals surface area contributed by atoms with Crippen LogP contribution in [-0.4, -0.2) is 22.8 Å². The van der Waals surface area contributed by atoms with Crippen molar-refractivity contribution in [1.82, 2.24) is 4.98 Å². The Labute approximate surface area is 94.7 Å². The van der Waals surface area contributed by atoms with E-state index in [0.717, 1.165) is 0 Å². The van der Waals surface area contributed by atoms with Crippen molar-refractivity contribution in [2.24, 2.45) is 0 Å². The summed E-state index contributed by atoms with van der Waals surface area (Å²) in [5, 5.41) is 11.2. The molecular formula is C9H8F3N3S. The van der Waals surface area contributed by atoms with Crippen LogP contribution in [-0.2, 0) is 0 Å². The molecule has 0 fully saturated rings. The smallest absolute Gasteiger partial charge is 0.383 e. The number of anilines is 1. The van der Waals surface area contributed by atoms with Crippen molar-refractivity contribution in [2.75, 3.05) is 17.6 Å². The van der Waals surface area contributed by atoms with Crippen LogP contribution in [0.1, 0.15) is 5.69 Å². The van der Waals surface area contributed by atoms with E-state index in [1.54, 1.807) is 6.07 Å². The van der Waals surface area contributed by atoms with E-state index in [2.05, 4.69) is 10.3 Å². The number of pyridine rings is 1. The highest BCUT2D eigenvalue weighted by atomic mass is 32.2. The average Bonchev–Trinajstić information content (AvgIpc) is 2.24. The van der Waals surface area contributed by atoms with E-state index in [4.69, 9.17) is 5.26 Å². The molecule has 7 heteroatoms. The van der Waals surface area contributed by atoms with Gasteiger partial charge in [-0.15, -0.1) is 0 Å². The number of alkyl halides is 3. The highest BCUT2D eigenvalue weighted by Gasteiger charge is 2.27. The number of aromatic nitrogens is 1. The van der Waals surface area contributed by atoms with Gasteiger partial charge in [-0.1, -0.05) is 0 Å². The van der Waals surface area contributed by atoms with E-state index < -0.39 is 5.51 Å². The van der Waals surface area contributed by atoms with Crippen LogP contribution < -0.4 is 5.32 Å². The van der Waals surface area contributed by atoms with Gasteiger partial charge in [-0.3, -0.25) is 0 Å². The molecule has 0 saturated carbocycles. The van der Waals surface area contributed by atoms with Gasteiger partial charge in [0.25, 0.3) is 0 Å². The Morgan fingerprint density at radius 2 is 2.19 bits per heavy atom. The first-order valence-corrected chi connectivity index (χ1v) is 5.30. The van der Waals surface area contributed by atoms with Crippen LogP contribution >= 0.6 is 11.8 Å². The molecule has 1 heterocycles. The van der Waals surface area contributed by atoms with Crippen LogP contribution in [0, 0.1) is 11.3 Å². The van der Waals surface area contributed by atoms with Crippen molar-refractivity contribution in [3.63, 3.8) is 0 Å². The molecule has 1 aromatic heterocycles. The number of thioether (sulfide) groups is 1. The van der Waals surface area contributed by atoms with Crippen molar-refractivity contribution >= 4 is 17.4 Å². The summed E-state index contributed by atoms with van der Waals surface area (Å²) in [5.74, 6) is -0.0660. The number of nitrogens with one attached hydrogen (secondary N) is 1. The molecule has 1 rings (SSSR count). The van der Waals surface area contributed by atoms with Gasteiger partial charge in [0.05, 0.1) is 11.9 Å². The van der Waals surface area contributed by atoms with Gasteiger partial charge in [0.2, 0.25) is 0 Å². The van der Waals surface area contributed by atoms with E-state index in [9.17, 15) is 13.2 Å². The molecule has 16 heavy (non-hydrogen) atoms. The maximum Gasteiger partial charge on any atom is 0.441 e. The predicted molar refractivity (Wildman–Crippen MR) is 56.0 cm³/mol. The second-order valence-electron chi connectivity index (χ2n) is 2.76. The molecule has 0 aromatic carbocycles. The number of nitriles is 1. The Morgan fingerprint density at radius 1 is 1.44 bits per heavy atom. The normalized spacial score (nSPS) is 10.9. The van der Waals surface area contributed by atoms with E-state index in [0.29, 0.717) is 5.69 Å². The van der Waals surface area contributed by atoms with Crippen LogP contribution in [0.4, 0.5) is 18.9 Å². The molecule has 1 N–H and O–H groups in total. The Bertz CT molecular complexity index is 369. The molecular weight excluding hydrogens is 239 g/mol. The molecule has 0 unspecified atom stereocenters. The quantitative estimate of drug-likeness (QED) is 0.831. The van der Waals surface area contributed by atoms with Crippen LogP contribution in [0.25, 0.3) is 0 Å². The Morgan fingerprint density at radius 3 is 2.69 bits per heavy atom. The summed E-state index contributed by atoms with van der Waals surface area (Å²) in [7, 11) is 0. The number of rotatable bonds is 4. The van der Waals surface area contributed by atoms with Crippen LogP contribution in [0.5, 0.6) is 0 Å². The van der Waals surface area contributed by atoms with Gasteiger partial charge in [-0.25, -0.2) is 4.98 Å². The van der Waals surface area contributed by atoms with Crippen molar-refractivity contribution in [2.45, 2.75) is 5.51 Å². The topological polar surface area (TPSA) is 48.7 Å². The number of hydrogen-bond acceptors (Lipinski definition) is 4. The summed E-state index contributed by atoms with van der Waals surface area (Å²) in [6.07, 6.45) is 1.41.